The lowest BCUT2D eigenvalue weighted by molar-refractivity contribution is -0.223. The highest BCUT2D eigenvalue weighted by Crippen LogP contribution is 2.42. The van der Waals surface area contributed by atoms with Crippen molar-refractivity contribution in [3.8, 4) is 5.75 Å². The lowest BCUT2D eigenvalue weighted by atomic mass is 9.75. The maximum Gasteiger partial charge on any atom is 0.400 e. The molecule has 28 heavy (non-hydrogen) atoms. The van der Waals surface area contributed by atoms with Gasteiger partial charge in [-0.1, -0.05) is 45.4 Å². The van der Waals surface area contributed by atoms with Gasteiger partial charge in [0.25, 0.3) is 0 Å². The Bertz CT molecular complexity index is 621. The van der Waals surface area contributed by atoms with Crippen molar-refractivity contribution in [2.24, 2.45) is 23.7 Å². The summed E-state index contributed by atoms with van der Waals surface area (Å²) in [6.45, 7) is 3.58. The zero-order chi connectivity index (χ0) is 20.3. The number of halogens is 4. The summed E-state index contributed by atoms with van der Waals surface area (Å²) in [6, 6.07) is 1.67. The summed E-state index contributed by atoms with van der Waals surface area (Å²) in [4.78, 5) is 0. The predicted molar refractivity (Wildman–Crippen MR) is 102 cm³/mol. The van der Waals surface area contributed by atoms with E-state index in [1.807, 2.05) is 0 Å². The van der Waals surface area contributed by atoms with Crippen molar-refractivity contribution in [1.82, 2.24) is 0 Å². The maximum atomic E-state index is 14.5. The van der Waals surface area contributed by atoms with Crippen LogP contribution in [0, 0.1) is 42.2 Å². The van der Waals surface area contributed by atoms with Gasteiger partial charge in [0.05, 0.1) is 5.92 Å². The Hall–Kier alpha value is -1.26. The molecular weight excluding hydrogens is 368 g/mol. The Morgan fingerprint density at radius 1 is 0.857 bits per heavy atom. The first kappa shape index (κ1) is 21.4. The van der Waals surface area contributed by atoms with Crippen LogP contribution >= 0.6 is 0 Å². The molecule has 0 saturated heterocycles. The van der Waals surface area contributed by atoms with Crippen LogP contribution in [0.3, 0.4) is 0 Å². The summed E-state index contributed by atoms with van der Waals surface area (Å²) in [5.74, 6) is -0.903. The standard InChI is InChI=1S/C23H32F4O/c1-15-3-5-17(6-4-15)7-8-18-9-11-19(12-10-18)23(26,27)28-20-13-21(24)16(2)22(25)14-20/h13-15,17-19H,3-12H2,1-2H3. The van der Waals surface area contributed by atoms with E-state index in [0.29, 0.717) is 18.8 Å². The first-order valence-electron chi connectivity index (χ1n) is 10.8. The van der Waals surface area contributed by atoms with Gasteiger partial charge in [0.15, 0.2) is 0 Å². The molecule has 1 nitrogen and oxygen atoms in total. The Morgan fingerprint density at radius 3 is 1.82 bits per heavy atom. The predicted octanol–water partition coefficient (Wildman–Crippen LogP) is 7.66. The van der Waals surface area contributed by atoms with Crippen LogP contribution in [0.15, 0.2) is 12.1 Å². The van der Waals surface area contributed by atoms with Crippen molar-refractivity contribution in [3.05, 3.63) is 29.3 Å². The van der Waals surface area contributed by atoms with Gasteiger partial charge in [-0.2, -0.15) is 8.78 Å². The molecule has 2 fully saturated rings. The highest BCUT2D eigenvalue weighted by atomic mass is 19.3. The monoisotopic (exact) mass is 400 g/mol. The quantitative estimate of drug-likeness (QED) is 0.445. The van der Waals surface area contributed by atoms with Gasteiger partial charge in [-0.25, -0.2) is 8.78 Å². The zero-order valence-electron chi connectivity index (χ0n) is 17.0. The molecule has 158 valence electrons. The molecular formula is C23H32F4O. The third kappa shape index (κ3) is 5.42. The largest absolute Gasteiger partial charge is 0.432 e. The number of hydrogen-bond donors (Lipinski definition) is 0. The zero-order valence-corrected chi connectivity index (χ0v) is 17.0. The second-order valence-corrected chi connectivity index (χ2v) is 9.10. The van der Waals surface area contributed by atoms with Crippen LogP contribution < -0.4 is 4.74 Å². The summed E-state index contributed by atoms with van der Waals surface area (Å²) in [5.41, 5.74) is -0.191. The number of ether oxygens (including phenoxy) is 1. The average Bonchev–Trinajstić information content (AvgIpc) is 2.65. The SMILES string of the molecule is Cc1c(F)cc(OC(F)(F)C2CCC(CCC3CCC(C)CC3)CC2)cc1F. The molecule has 0 heterocycles. The van der Waals surface area contributed by atoms with Crippen LogP contribution in [-0.2, 0) is 0 Å². The van der Waals surface area contributed by atoms with Crippen LogP contribution in [0.4, 0.5) is 17.6 Å². The molecule has 5 heteroatoms. The van der Waals surface area contributed by atoms with Gasteiger partial charge >= 0.3 is 6.11 Å². The molecule has 0 N–H and O–H groups in total. The fourth-order valence-electron chi connectivity index (χ4n) is 4.80. The van der Waals surface area contributed by atoms with E-state index in [-0.39, 0.29) is 5.56 Å². The normalized spacial score (nSPS) is 28.9. The highest BCUT2D eigenvalue weighted by molar-refractivity contribution is 5.30. The van der Waals surface area contributed by atoms with E-state index >= 15 is 0 Å². The number of rotatable bonds is 6. The van der Waals surface area contributed by atoms with E-state index in [1.54, 1.807) is 0 Å². The van der Waals surface area contributed by atoms with Gasteiger partial charge < -0.3 is 4.74 Å². The fourth-order valence-corrected chi connectivity index (χ4v) is 4.80. The van der Waals surface area contributed by atoms with Crippen LogP contribution in [0.25, 0.3) is 0 Å². The molecule has 0 aliphatic heterocycles. The summed E-state index contributed by atoms with van der Waals surface area (Å²) >= 11 is 0. The molecule has 0 spiro atoms. The third-order valence-electron chi connectivity index (χ3n) is 6.95. The van der Waals surface area contributed by atoms with Gasteiger partial charge in [-0.05, 0) is 50.4 Å². The molecule has 0 atom stereocenters. The Morgan fingerprint density at radius 2 is 1.32 bits per heavy atom. The number of alkyl halides is 2. The molecule has 2 aliphatic carbocycles. The van der Waals surface area contributed by atoms with Crippen molar-refractivity contribution in [2.75, 3.05) is 0 Å². The Balaban J connectivity index is 1.46. The minimum atomic E-state index is -3.40. The second kappa shape index (κ2) is 9.04. The van der Waals surface area contributed by atoms with Gasteiger partial charge in [0.1, 0.15) is 17.4 Å². The van der Waals surface area contributed by atoms with Gasteiger partial charge in [0, 0.05) is 17.7 Å². The number of benzene rings is 1. The molecule has 0 unspecified atom stereocenters. The first-order valence-corrected chi connectivity index (χ1v) is 10.8. The smallest absolute Gasteiger partial charge is 0.400 e. The van der Waals surface area contributed by atoms with Crippen molar-refractivity contribution in [1.29, 1.82) is 0 Å². The minimum absolute atomic E-state index is 0.191. The molecule has 0 amide bonds. The topological polar surface area (TPSA) is 9.23 Å². The van der Waals surface area contributed by atoms with Crippen LogP contribution in [0.2, 0.25) is 0 Å². The van der Waals surface area contributed by atoms with E-state index in [0.717, 1.165) is 43.2 Å². The molecule has 0 bridgehead atoms. The second-order valence-electron chi connectivity index (χ2n) is 9.10. The van der Waals surface area contributed by atoms with Crippen molar-refractivity contribution in [3.63, 3.8) is 0 Å². The highest BCUT2D eigenvalue weighted by Gasteiger charge is 2.44. The van der Waals surface area contributed by atoms with E-state index < -0.39 is 29.4 Å². The molecule has 2 saturated carbocycles. The van der Waals surface area contributed by atoms with Crippen LogP contribution in [-0.4, -0.2) is 6.11 Å². The van der Waals surface area contributed by atoms with E-state index in [1.165, 1.54) is 39.0 Å². The summed E-state index contributed by atoms with van der Waals surface area (Å²) in [7, 11) is 0. The number of hydrogen-bond acceptors (Lipinski definition) is 1. The molecule has 2 aliphatic rings. The molecule has 0 aromatic heterocycles. The average molecular weight is 401 g/mol. The van der Waals surface area contributed by atoms with Crippen molar-refractivity contribution < 1.29 is 22.3 Å². The lowest BCUT2D eigenvalue weighted by Crippen LogP contribution is -2.37. The summed E-state index contributed by atoms with van der Waals surface area (Å²) in [5, 5.41) is 0. The van der Waals surface area contributed by atoms with E-state index in [9.17, 15) is 17.6 Å². The van der Waals surface area contributed by atoms with Crippen molar-refractivity contribution >= 4 is 0 Å². The van der Waals surface area contributed by atoms with E-state index in [2.05, 4.69) is 6.92 Å². The van der Waals surface area contributed by atoms with E-state index in [4.69, 9.17) is 4.74 Å². The Kier molecular flexibility index (Phi) is 6.93. The first-order chi connectivity index (χ1) is 13.2. The minimum Gasteiger partial charge on any atom is -0.432 e. The van der Waals surface area contributed by atoms with Crippen LogP contribution in [0.5, 0.6) is 5.75 Å². The van der Waals surface area contributed by atoms with Gasteiger partial charge in [0.2, 0.25) is 0 Å². The molecule has 1 aromatic carbocycles. The summed E-state index contributed by atoms with van der Waals surface area (Å²) in [6.07, 6.45) is 6.57. The molecule has 0 radical (unpaired) electrons. The summed E-state index contributed by atoms with van der Waals surface area (Å²) < 4.78 is 61.0. The Labute approximate surface area is 165 Å². The third-order valence-corrected chi connectivity index (χ3v) is 6.95. The van der Waals surface area contributed by atoms with Gasteiger partial charge in [-0.15, -0.1) is 0 Å². The molecule has 3 rings (SSSR count). The van der Waals surface area contributed by atoms with Crippen molar-refractivity contribution in [2.45, 2.75) is 84.2 Å². The van der Waals surface area contributed by atoms with Gasteiger partial charge in [-0.3, -0.25) is 0 Å². The van der Waals surface area contributed by atoms with Crippen LogP contribution in [0.1, 0.15) is 76.7 Å². The molecule has 1 aromatic rings. The lowest BCUT2D eigenvalue weighted by Gasteiger charge is -2.34. The fraction of sp³-hybridized carbons (Fsp3) is 0.739. The maximum absolute atomic E-state index is 14.5.